The fourth-order valence-electron chi connectivity index (χ4n) is 8.20. The number of hydrogen-bond acceptors (Lipinski definition) is 3. The lowest BCUT2D eigenvalue weighted by atomic mass is 10.1. The molecule has 238 valence electrons. The lowest BCUT2D eigenvalue weighted by molar-refractivity contribution is 1.03. The molecule has 5 heterocycles. The predicted molar refractivity (Wildman–Crippen MR) is 212 cm³/mol. The molecule has 6 nitrogen and oxygen atoms in total. The summed E-state index contributed by atoms with van der Waals surface area (Å²) in [7, 11) is 0. The third-order valence-corrected chi connectivity index (χ3v) is 11.5. The van der Waals surface area contributed by atoms with Crippen LogP contribution in [-0.4, -0.2) is 27.9 Å². The van der Waals surface area contributed by atoms with Gasteiger partial charge in [0.15, 0.2) is 0 Å². The Morgan fingerprint density at radius 2 is 0.765 bits per heavy atom. The van der Waals surface area contributed by atoms with E-state index in [1.165, 1.54) is 42.0 Å². The van der Waals surface area contributed by atoms with Gasteiger partial charge in [-0.15, -0.1) is 11.3 Å². The van der Waals surface area contributed by atoms with Gasteiger partial charge in [0, 0.05) is 36.6 Å². The van der Waals surface area contributed by atoms with Gasteiger partial charge in [-0.1, -0.05) is 72.8 Å². The molecule has 12 rings (SSSR count). The minimum atomic E-state index is 0.808. The molecular formula is C44H26N6S. The predicted octanol–water partition coefficient (Wildman–Crippen LogP) is 11.3. The molecule has 0 N–H and O–H groups in total. The average Bonchev–Trinajstić information content (AvgIpc) is 3.92. The van der Waals surface area contributed by atoms with Crippen molar-refractivity contribution in [3.8, 4) is 11.4 Å². The SMILES string of the molecule is c1ccc2c(c1)nc1n(-c3ccc4sc5ccc(-n6c7ccccc7c7ccccc76)cc5c4c3)c3nc4ccccc4n3c3ccccc3n21. The molecule has 0 aliphatic rings. The number of para-hydroxylation sites is 8. The second-order valence-electron chi connectivity index (χ2n) is 13.1. The van der Waals surface area contributed by atoms with E-state index in [1.54, 1.807) is 0 Å². The zero-order valence-electron chi connectivity index (χ0n) is 27.1. The number of benzene rings is 7. The lowest BCUT2D eigenvalue weighted by Gasteiger charge is -2.09. The summed E-state index contributed by atoms with van der Waals surface area (Å²) in [5.74, 6) is 1.62. The van der Waals surface area contributed by atoms with Crippen molar-refractivity contribution in [2.45, 2.75) is 0 Å². The van der Waals surface area contributed by atoms with Crippen LogP contribution in [0.25, 0.3) is 98.0 Å². The van der Waals surface area contributed by atoms with E-state index < -0.39 is 0 Å². The van der Waals surface area contributed by atoms with Crippen LogP contribution in [0.3, 0.4) is 0 Å². The highest BCUT2D eigenvalue weighted by Crippen LogP contribution is 2.39. The topological polar surface area (TPSA) is 44.5 Å². The van der Waals surface area contributed by atoms with Crippen molar-refractivity contribution in [3.63, 3.8) is 0 Å². The van der Waals surface area contributed by atoms with Gasteiger partial charge < -0.3 is 4.57 Å². The quantitative estimate of drug-likeness (QED) is 0.184. The van der Waals surface area contributed by atoms with Crippen molar-refractivity contribution < 1.29 is 0 Å². The molecule has 0 saturated carbocycles. The van der Waals surface area contributed by atoms with E-state index >= 15 is 0 Å². The van der Waals surface area contributed by atoms with Crippen LogP contribution in [0.5, 0.6) is 0 Å². The van der Waals surface area contributed by atoms with Crippen molar-refractivity contribution in [2.75, 3.05) is 0 Å². The summed E-state index contributed by atoms with van der Waals surface area (Å²) in [6.45, 7) is 0. The Balaban J connectivity index is 1.21. The van der Waals surface area contributed by atoms with Gasteiger partial charge in [0.25, 0.3) is 0 Å². The fourth-order valence-corrected chi connectivity index (χ4v) is 9.26. The molecule has 0 radical (unpaired) electrons. The maximum Gasteiger partial charge on any atom is 0.223 e. The smallest absolute Gasteiger partial charge is 0.223 e. The number of imidazole rings is 2. The van der Waals surface area contributed by atoms with Gasteiger partial charge in [0.2, 0.25) is 11.6 Å². The summed E-state index contributed by atoms with van der Waals surface area (Å²) >= 11 is 1.83. The Hall–Kier alpha value is -6.70. The number of hydrogen-bond donors (Lipinski definition) is 0. The second-order valence-corrected chi connectivity index (χ2v) is 14.2. The summed E-state index contributed by atoms with van der Waals surface area (Å²) in [5.41, 5.74) is 10.7. The van der Waals surface area contributed by atoms with Gasteiger partial charge >= 0.3 is 0 Å². The van der Waals surface area contributed by atoms with E-state index in [4.69, 9.17) is 9.97 Å². The van der Waals surface area contributed by atoms with E-state index in [2.05, 4.69) is 176 Å². The number of aromatic nitrogens is 6. The highest BCUT2D eigenvalue weighted by Gasteiger charge is 2.20. The van der Waals surface area contributed by atoms with Gasteiger partial charge in [-0.05, 0) is 84.9 Å². The monoisotopic (exact) mass is 670 g/mol. The zero-order valence-corrected chi connectivity index (χ0v) is 27.9. The minimum absolute atomic E-state index is 0.808. The van der Waals surface area contributed by atoms with E-state index in [-0.39, 0.29) is 0 Å². The molecule has 0 spiro atoms. The van der Waals surface area contributed by atoms with E-state index in [1.807, 2.05) is 11.3 Å². The Labute approximate surface area is 293 Å². The molecule has 0 fully saturated rings. The second kappa shape index (κ2) is 9.94. The van der Waals surface area contributed by atoms with Crippen LogP contribution in [-0.2, 0) is 0 Å². The van der Waals surface area contributed by atoms with E-state index in [0.717, 1.165) is 56.0 Å². The van der Waals surface area contributed by atoms with Gasteiger partial charge in [-0.3, -0.25) is 8.80 Å². The Kier molecular flexibility index (Phi) is 5.29. The number of rotatable bonds is 2. The molecule has 0 unspecified atom stereocenters. The molecule has 7 heteroatoms. The summed E-state index contributed by atoms with van der Waals surface area (Å²) < 4.78 is 11.7. The molecule has 7 aromatic carbocycles. The van der Waals surface area contributed by atoms with Crippen LogP contribution in [0.4, 0.5) is 0 Å². The van der Waals surface area contributed by atoms with Crippen LogP contribution in [0.2, 0.25) is 0 Å². The first-order valence-electron chi connectivity index (χ1n) is 17.1. The van der Waals surface area contributed by atoms with Crippen LogP contribution in [0.1, 0.15) is 0 Å². The molecular weight excluding hydrogens is 645 g/mol. The normalized spacial score (nSPS) is 12.3. The highest BCUT2D eigenvalue weighted by atomic mass is 32.1. The summed E-state index contributed by atoms with van der Waals surface area (Å²) in [6, 6.07) is 56.4. The molecule has 0 aliphatic carbocycles. The van der Waals surface area contributed by atoms with Crippen LogP contribution >= 0.6 is 11.3 Å². The third-order valence-electron chi connectivity index (χ3n) is 10.4. The minimum Gasteiger partial charge on any atom is -0.309 e. The molecule has 0 saturated heterocycles. The van der Waals surface area contributed by atoms with Gasteiger partial charge in [0.05, 0.1) is 49.8 Å². The number of thiophene rings is 1. The first-order chi connectivity index (χ1) is 25.3. The van der Waals surface area contributed by atoms with Gasteiger partial charge in [-0.2, -0.15) is 0 Å². The first kappa shape index (κ1) is 27.2. The van der Waals surface area contributed by atoms with Crippen molar-refractivity contribution >= 4 is 98.0 Å². The number of fused-ring (bicyclic) bond motifs is 15. The van der Waals surface area contributed by atoms with Crippen molar-refractivity contribution in [2.24, 2.45) is 0 Å². The van der Waals surface area contributed by atoms with Crippen LogP contribution < -0.4 is 0 Å². The molecule has 51 heavy (non-hydrogen) atoms. The van der Waals surface area contributed by atoms with Crippen molar-refractivity contribution in [1.82, 2.24) is 27.9 Å². The van der Waals surface area contributed by atoms with Gasteiger partial charge in [0.1, 0.15) is 0 Å². The van der Waals surface area contributed by atoms with E-state index in [0.29, 0.717) is 0 Å². The maximum absolute atomic E-state index is 5.31. The molecule has 0 amide bonds. The maximum atomic E-state index is 5.31. The van der Waals surface area contributed by atoms with E-state index in [9.17, 15) is 0 Å². The lowest BCUT2D eigenvalue weighted by Crippen LogP contribution is -2.01. The zero-order chi connectivity index (χ0) is 33.2. The molecule has 0 atom stereocenters. The summed E-state index contributed by atoms with van der Waals surface area (Å²) in [4.78, 5) is 10.6. The fraction of sp³-hybridized carbons (Fsp3) is 0. The third kappa shape index (κ3) is 3.65. The Bertz CT molecular complexity index is 3280. The molecule has 12 aromatic rings. The van der Waals surface area contributed by atoms with Crippen LogP contribution in [0.15, 0.2) is 158 Å². The van der Waals surface area contributed by atoms with Crippen molar-refractivity contribution in [1.29, 1.82) is 0 Å². The van der Waals surface area contributed by atoms with Crippen LogP contribution in [0, 0.1) is 0 Å². The summed E-state index contributed by atoms with van der Waals surface area (Å²) in [6.07, 6.45) is 0. The number of nitrogens with zero attached hydrogens (tertiary/aromatic N) is 6. The Morgan fingerprint density at radius 3 is 1.27 bits per heavy atom. The molecule has 5 aromatic heterocycles. The van der Waals surface area contributed by atoms with Gasteiger partial charge in [-0.25, -0.2) is 14.5 Å². The first-order valence-corrected chi connectivity index (χ1v) is 17.9. The van der Waals surface area contributed by atoms with Crippen molar-refractivity contribution in [3.05, 3.63) is 158 Å². The standard InChI is InChI=1S/C44H26N6S/c1-5-15-35-29(11-1)30-12-2-6-16-36(30)47(35)27-21-23-41-31(25-27)32-26-28(22-24-42(32)51-41)48-43-45-33-13-3-7-17-37(33)49(43)39-19-9-10-20-40(39)50-38-18-8-4-14-34(38)46-44(48)50/h1-26H. The molecule has 0 aliphatic heterocycles. The molecule has 0 bridgehead atoms. The summed E-state index contributed by atoms with van der Waals surface area (Å²) in [5, 5.41) is 4.97. The average molecular weight is 671 g/mol. The highest BCUT2D eigenvalue weighted by molar-refractivity contribution is 7.25. The largest absolute Gasteiger partial charge is 0.309 e. The Morgan fingerprint density at radius 1 is 0.353 bits per heavy atom.